The van der Waals surface area contributed by atoms with Gasteiger partial charge in [-0.1, -0.05) is 13.8 Å². The van der Waals surface area contributed by atoms with Gasteiger partial charge in [-0.25, -0.2) is 4.39 Å². The number of aromatic hydroxyl groups is 1. The lowest BCUT2D eigenvalue weighted by Crippen LogP contribution is -2.74. The number of aliphatic hydroxyl groups is 1. The molecule has 1 aromatic rings. The van der Waals surface area contributed by atoms with Crippen molar-refractivity contribution in [1.29, 1.82) is 0 Å². The fraction of sp³-hybridized carbons (Fsp3) is 0.621. The van der Waals surface area contributed by atoms with E-state index in [4.69, 9.17) is 5.73 Å². The Labute approximate surface area is 237 Å². The smallest absolute Gasteiger partial charge is 0.235 e. The number of likely N-dealkylation sites (N-methyl/N-ethyl adjacent to an activating group) is 2. The number of ketones is 4. The number of halogens is 1. The van der Waals surface area contributed by atoms with Crippen molar-refractivity contribution in [3.05, 3.63) is 22.5 Å². The van der Waals surface area contributed by atoms with Gasteiger partial charge < -0.3 is 21.3 Å². The molecular formula is C29H37FN4O7. The van der Waals surface area contributed by atoms with Gasteiger partial charge >= 0.3 is 0 Å². The molecule has 0 bridgehead atoms. The van der Waals surface area contributed by atoms with Crippen LogP contribution in [0.15, 0.2) is 0 Å². The Kier molecular flexibility index (Phi) is 7.11. The third-order valence-corrected chi connectivity index (χ3v) is 9.55. The average Bonchev–Trinajstić information content (AvgIpc) is 3.03. The first-order chi connectivity index (χ1) is 19.1. The van der Waals surface area contributed by atoms with Crippen molar-refractivity contribution in [1.82, 2.24) is 9.80 Å². The summed E-state index contributed by atoms with van der Waals surface area (Å²) in [5.74, 6) is -11.9. The predicted octanol–water partition coefficient (Wildman–Crippen LogP) is 0.278. The number of hydrogen-bond acceptors (Lipinski definition) is 10. The molecule has 1 aliphatic heterocycles. The van der Waals surface area contributed by atoms with Crippen LogP contribution in [0.1, 0.15) is 48.2 Å². The molecule has 4 aliphatic rings. The number of nitrogens with two attached hydrogens (primary N) is 1. The topological polar surface area (TPSA) is 170 Å². The molecule has 2 saturated carbocycles. The summed E-state index contributed by atoms with van der Waals surface area (Å²) in [6, 6.07) is -1.17. The highest BCUT2D eigenvalue weighted by Crippen LogP contribution is 2.52. The predicted molar refractivity (Wildman–Crippen MR) is 145 cm³/mol. The number of nitrogens with zero attached hydrogens (tertiary/aromatic N) is 2. The van der Waals surface area contributed by atoms with Gasteiger partial charge in [0.05, 0.1) is 23.2 Å². The number of benzene rings is 1. The summed E-state index contributed by atoms with van der Waals surface area (Å²) in [6.45, 7) is 4.75. The van der Waals surface area contributed by atoms with Gasteiger partial charge in [0.25, 0.3) is 0 Å². The number of amides is 1. The Morgan fingerprint density at radius 2 is 1.85 bits per heavy atom. The lowest BCUT2D eigenvalue weighted by Gasteiger charge is -2.52. The molecular weight excluding hydrogens is 535 g/mol. The van der Waals surface area contributed by atoms with Gasteiger partial charge in [-0.2, -0.15) is 0 Å². The molecule has 3 aliphatic carbocycles. The summed E-state index contributed by atoms with van der Waals surface area (Å²) in [5, 5.41) is 26.1. The normalized spacial score (nSPS) is 33.6. The summed E-state index contributed by atoms with van der Waals surface area (Å²) in [6.07, 6.45) is 0.580. The number of phenols is 1. The fourth-order valence-electron chi connectivity index (χ4n) is 7.65. The van der Waals surface area contributed by atoms with Gasteiger partial charge in [0, 0.05) is 36.2 Å². The molecule has 5 N–H and O–H groups in total. The van der Waals surface area contributed by atoms with Crippen LogP contribution in [-0.2, 0) is 32.1 Å². The van der Waals surface area contributed by atoms with E-state index in [1.54, 1.807) is 0 Å². The first-order valence-corrected chi connectivity index (χ1v) is 14.0. The Hall–Kier alpha value is -3.22. The second-order valence-corrected chi connectivity index (χ2v) is 12.7. The Balaban J connectivity index is 1.61. The number of Topliss-reactive ketones (excluding diaryl/α,β-unsaturated/α-hetero) is 4. The molecule has 0 aromatic heterocycles. The van der Waals surface area contributed by atoms with E-state index in [9.17, 15) is 34.2 Å². The Morgan fingerprint density at radius 3 is 2.44 bits per heavy atom. The SMILES string of the molecule is CC(C)C[C@@H]1CNc2c(O)c3c(c(F)c2CN1C)C[C@H]1C[C@H]2[C@H](N(C)C)C(=O)C(C(N)=O)C(=O)[C@@]2(O)C(=O)C1C3=O. The number of hydrogen-bond donors (Lipinski definition) is 4. The lowest BCUT2D eigenvalue weighted by molar-refractivity contribution is -0.181. The highest BCUT2D eigenvalue weighted by Gasteiger charge is 2.69. The second-order valence-electron chi connectivity index (χ2n) is 12.7. The minimum atomic E-state index is -2.82. The van der Waals surface area contributed by atoms with Gasteiger partial charge in [0.15, 0.2) is 34.7 Å². The van der Waals surface area contributed by atoms with Crippen molar-refractivity contribution in [2.75, 3.05) is 33.0 Å². The van der Waals surface area contributed by atoms with Gasteiger partial charge in [-0.15, -0.1) is 0 Å². The van der Waals surface area contributed by atoms with Crippen molar-refractivity contribution in [2.45, 2.75) is 57.3 Å². The van der Waals surface area contributed by atoms with Crippen molar-refractivity contribution >= 4 is 34.7 Å². The van der Waals surface area contributed by atoms with Crippen LogP contribution >= 0.6 is 0 Å². The Bertz CT molecular complexity index is 1380. The van der Waals surface area contributed by atoms with E-state index in [0.29, 0.717) is 12.5 Å². The van der Waals surface area contributed by atoms with E-state index in [0.717, 1.165) is 6.42 Å². The van der Waals surface area contributed by atoms with Gasteiger partial charge in [0.2, 0.25) is 5.91 Å². The third kappa shape index (κ3) is 4.13. The monoisotopic (exact) mass is 572 g/mol. The van der Waals surface area contributed by atoms with Crippen molar-refractivity contribution in [3.63, 3.8) is 0 Å². The minimum absolute atomic E-state index is 0.0203. The fourth-order valence-corrected chi connectivity index (χ4v) is 7.65. The highest BCUT2D eigenvalue weighted by molar-refractivity contribution is 6.32. The maximum atomic E-state index is 16.2. The summed E-state index contributed by atoms with van der Waals surface area (Å²) in [5.41, 5.74) is 2.48. The zero-order valence-corrected chi connectivity index (χ0v) is 23.9. The molecule has 0 spiro atoms. The summed E-state index contributed by atoms with van der Waals surface area (Å²) < 4.78 is 16.2. The number of carbonyl (C=O) groups excluding carboxylic acids is 5. The molecule has 0 saturated heterocycles. The van der Waals surface area contributed by atoms with Crippen LogP contribution in [0.4, 0.5) is 10.1 Å². The zero-order chi connectivity index (χ0) is 30.3. The summed E-state index contributed by atoms with van der Waals surface area (Å²) in [7, 11) is 4.90. The molecule has 2 fully saturated rings. The van der Waals surface area contributed by atoms with Crippen molar-refractivity contribution in [2.24, 2.45) is 35.3 Å². The maximum absolute atomic E-state index is 16.2. The number of rotatable bonds is 4. The molecule has 7 atom stereocenters. The average molecular weight is 573 g/mol. The molecule has 5 rings (SSSR count). The molecule has 1 heterocycles. The largest absolute Gasteiger partial charge is 0.505 e. The van der Waals surface area contributed by atoms with Crippen LogP contribution in [0.2, 0.25) is 0 Å². The van der Waals surface area contributed by atoms with Crippen LogP contribution in [0.5, 0.6) is 5.75 Å². The number of fused-ring (bicyclic) bond motifs is 4. The first kappa shape index (κ1) is 29.3. The molecule has 1 amide bonds. The number of carbonyl (C=O) groups is 5. The van der Waals surface area contributed by atoms with Crippen molar-refractivity contribution in [3.8, 4) is 5.75 Å². The first-order valence-electron chi connectivity index (χ1n) is 14.0. The van der Waals surface area contributed by atoms with E-state index in [-0.39, 0.29) is 47.8 Å². The highest BCUT2D eigenvalue weighted by atomic mass is 19.1. The molecule has 12 heteroatoms. The second kappa shape index (κ2) is 9.95. The number of primary amides is 1. The summed E-state index contributed by atoms with van der Waals surface area (Å²) >= 11 is 0. The zero-order valence-electron chi connectivity index (χ0n) is 23.9. The van der Waals surface area contributed by atoms with E-state index in [1.807, 2.05) is 11.9 Å². The van der Waals surface area contributed by atoms with Gasteiger partial charge in [-0.3, -0.25) is 33.8 Å². The van der Waals surface area contributed by atoms with E-state index >= 15 is 4.39 Å². The third-order valence-electron chi connectivity index (χ3n) is 9.55. The van der Waals surface area contributed by atoms with Crippen LogP contribution in [0.25, 0.3) is 0 Å². The molecule has 41 heavy (non-hydrogen) atoms. The van der Waals surface area contributed by atoms with Crippen LogP contribution in [0, 0.1) is 35.4 Å². The molecule has 222 valence electrons. The molecule has 2 unspecified atom stereocenters. The van der Waals surface area contributed by atoms with E-state index < -0.39 is 75.9 Å². The van der Waals surface area contributed by atoms with Crippen LogP contribution in [0.3, 0.4) is 0 Å². The van der Waals surface area contributed by atoms with Crippen molar-refractivity contribution < 1.29 is 38.6 Å². The van der Waals surface area contributed by atoms with E-state index in [2.05, 4.69) is 19.2 Å². The number of phenolic OH excluding ortho intramolecular Hbond substituents is 1. The minimum Gasteiger partial charge on any atom is -0.505 e. The van der Waals surface area contributed by atoms with Gasteiger partial charge in [0.1, 0.15) is 11.6 Å². The number of nitrogens with one attached hydrogen (secondary N) is 1. The van der Waals surface area contributed by atoms with Crippen LogP contribution < -0.4 is 11.1 Å². The number of anilines is 1. The lowest BCUT2D eigenvalue weighted by atomic mass is 9.52. The van der Waals surface area contributed by atoms with E-state index in [1.165, 1.54) is 19.0 Å². The standard InChI is InChI=1S/C29H37FN4O7/c1-11(2)6-13-9-32-21-15(10-34(13)5)20(30)14-7-12-8-16-22(33(3)4)25(37)19(28(31)40)27(39)29(16,41)26(38)17(12)23(35)18(14)24(21)36/h11-13,16-17,19,22,32,36,41H,6-10H2,1-5H3,(H2,31,40)/t12-,13+,16-,17?,19?,22-,29-/m0/s1. The molecule has 11 nitrogen and oxygen atoms in total. The summed E-state index contributed by atoms with van der Waals surface area (Å²) in [4.78, 5) is 70.0. The molecule has 0 radical (unpaired) electrons. The van der Waals surface area contributed by atoms with Crippen LogP contribution in [-0.4, -0.2) is 94.4 Å². The maximum Gasteiger partial charge on any atom is 0.235 e. The quantitative estimate of drug-likeness (QED) is 0.290. The molecule has 1 aromatic carbocycles. The van der Waals surface area contributed by atoms with Gasteiger partial charge in [-0.05, 0) is 52.2 Å². The Morgan fingerprint density at radius 1 is 1.20 bits per heavy atom.